The van der Waals surface area contributed by atoms with E-state index < -0.39 is 17.5 Å². The van der Waals surface area contributed by atoms with E-state index in [1.54, 1.807) is 13.3 Å². The van der Waals surface area contributed by atoms with Crippen molar-refractivity contribution in [1.29, 1.82) is 0 Å². The maximum absolute atomic E-state index is 13.9. The Kier molecular flexibility index (Phi) is 9.34. The van der Waals surface area contributed by atoms with Gasteiger partial charge in [-0.05, 0) is 86.0 Å². The van der Waals surface area contributed by atoms with Crippen LogP contribution in [0.4, 0.5) is 13.2 Å². The molecule has 0 bridgehead atoms. The zero-order chi connectivity index (χ0) is 26.4. The Hall–Kier alpha value is -2.33. The number of aryl methyl sites for hydroxylation is 1. The van der Waals surface area contributed by atoms with E-state index in [9.17, 15) is 23.4 Å². The number of hydrogen-bond acceptors (Lipinski definition) is 6. The highest BCUT2D eigenvalue weighted by Crippen LogP contribution is 2.37. The highest BCUT2D eigenvalue weighted by molar-refractivity contribution is 7.99. The molecule has 0 amide bonds. The first-order valence-corrected chi connectivity index (χ1v) is 13.5. The van der Waals surface area contributed by atoms with Gasteiger partial charge in [0.1, 0.15) is 11.6 Å². The minimum Gasteiger partial charge on any atom is -0.497 e. The Labute approximate surface area is 219 Å². The number of pyridine rings is 1. The van der Waals surface area contributed by atoms with Crippen LogP contribution in [-0.4, -0.2) is 59.2 Å². The van der Waals surface area contributed by atoms with Crippen LogP contribution >= 0.6 is 11.8 Å². The van der Waals surface area contributed by atoms with Gasteiger partial charge in [-0.3, -0.25) is 4.98 Å². The molecule has 1 aliphatic heterocycles. The second-order valence-electron chi connectivity index (χ2n) is 9.70. The van der Waals surface area contributed by atoms with E-state index in [1.807, 2.05) is 18.2 Å². The van der Waals surface area contributed by atoms with Gasteiger partial charge in [0, 0.05) is 41.4 Å². The van der Waals surface area contributed by atoms with Gasteiger partial charge in [0.15, 0.2) is 11.6 Å². The largest absolute Gasteiger partial charge is 0.497 e. The summed E-state index contributed by atoms with van der Waals surface area (Å²) in [4.78, 5) is 6.70. The minimum absolute atomic E-state index is 0.0114. The number of methoxy groups -OCH3 is 1. The summed E-state index contributed by atoms with van der Waals surface area (Å²) >= 11 is 1.11. The highest BCUT2D eigenvalue weighted by atomic mass is 32.2. The third-order valence-corrected chi connectivity index (χ3v) is 8.45. The van der Waals surface area contributed by atoms with Crippen molar-refractivity contribution < 1.29 is 28.1 Å². The lowest BCUT2D eigenvalue weighted by atomic mass is 9.75. The zero-order valence-electron chi connectivity index (χ0n) is 21.0. The standard InChI is InChI=1S/C28H33F3N2O3S/c1-36-21-4-5-25-23(15-21)22(19(17-34)16-32-25)3-2-6-28(18-35)7-9-33(10-8-28)11-12-37-26-14-20(29)13-24(30)27(26)31/h4-5,13-16,34-35H,2-3,6-12,17-18H2,1H3. The van der Waals surface area contributed by atoms with Crippen LogP contribution in [0.5, 0.6) is 5.75 Å². The van der Waals surface area contributed by atoms with E-state index >= 15 is 0 Å². The number of fused-ring (bicyclic) bond motifs is 1. The number of likely N-dealkylation sites (tertiary alicyclic amines) is 1. The molecule has 0 unspecified atom stereocenters. The number of thioether (sulfide) groups is 1. The molecule has 0 atom stereocenters. The van der Waals surface area contributed by atoms with Gasteiger partial charge in [0.2, 0.25) is 0 Å². The van der Waals surface area contributed by atoms with Crippen molar-refractivity contribution in [1.82, 2.24) is 9.88 Å². The summed E-state index contributed by atoms with van der Waals surface area (Å²) in [5.41, 5.74) is 2.56. The number of ether oxygens (including phenoxy) is 1. The first kappa shape index (κ1) is 27.7. The van der Waals surface area contributed by atoms with Crippen molar-refractivity contribution in [3.05, 3.63) is 65.1 Å². The Morgan fingerprint density at radius 3 is 2.59 bits per heavy atom. The molecule has 0 radical (unpaired) electrons. The lowest BCUT2D eigenvalue weighted by Gasteiger charge is -2.41. The molecule has 0 aliphatic carbocycles. The Balaban J connectivity index is 1.31. The summed E-state index contributed by atoms with van der Waals surface area (Å²) < 4.78 is 46.1. The average Bonchev–Trinajstić information content (AvgIpc) is 2.92. The molecule has 0 saturated carbocycles. The van der Waals surface area contributed by atoms with Gasteiger partial charge in [-0.25, -0.2) is 13.2 Å². The monoisotopic (exact) mass is 534 g/mol. The maximum atomic E-state index is 13.9. The van der Waals surface area contributed by atoms with E-state index in [0.29, 0.717) is 18.4 Å². The molecule has 9 heteroatoms. The van der Waals surface area contributed by atoms with Crippen LogP contribution in [-0.2, 0) is 13.0 Å². The second-order valence-corrected chi connectivity index (χ2v) is 10.8. The molecule has 1 aliphatic rings. The molecule has 200 valence electrons. The molecular formula is C28H33F3N2O3S. The lowest BCUT2D eigenvalue weighted by Crippen LogP contribution is -2.42. The van der Waals surface area contributed by atoms with Crippen LogP contribution in [0.15, 0.2) is 41.4 Å². The van der Waals surface area contributed by atoms with Crippen LogP contribution in [0.3, 0.4) is 0 Å². The van der Waals surface area contributed by atoms with Crippen LogP contribution in [0.25, 0.3) is 10.9 Å². The fourth-order valence-electron chi connectivity index (χ4n) is 5.13. The fraction of sp³-hybridized carbons (Fsp3) is 0.464. The smallest absolute Gasteiger partial charge is 0.172 e. The van der Waals surface area contributed by atoms with Gasteiger partial charge in [-0.15, -0.1) is 11.8 Å². The number of hydrogen-bond donors (Lipinski definition) is 2. The molecule has 2 aromatic carbocycles. The lowest BCUT2D eigenvalue weighted by molar-refractivity contribution is 0.0378. The van der Waals surface area contributed by atoms with Crippen molar-refractivity contribution in [3.63, 3.8) is 0 Å². The van der Waals surface area contributed by atoms with Gasteiger partial charge >= 0.3 is 0 Å². The number of benzene rings is 2. The SMILES string of the molecule is COc1ccc2ncc(CO)c(CCCC3(CO)CCN(CCSc4cc(F)cc(F)c4F)CC3)c2c1. The minimum atomic E-state index is -1.17. The summed E-state index contributed by atoms with van der Waals surface area (Å²) in [6.07, 6.45) is 5.90. The molecule has 1 fully saturated rings. The van der Waals surface area contributed by atoms with Crippen LogP contribution in [0, 0.1) is 22.9 Å². The van der Waals surface area contributed by atoms with Gasteiger partial charge in [-0.2, -0.15) is 0 Å². The second kappa shape index (κ2) is 12.5. The van der Waals surface area contributed by atoms with Crippen molar-refractivity contribution in [3.8, 4) is 5.75 Å². The molecule has 1 aromatic heterocycles. The summed E-state index contributed by atoms with van der Waals surface area (Å²) in [5.74, 6) is -1.69. The number of rotatable bonds is 11. The maximum Gasteiger partial charge on any atom is 0.172 e. The summed E-state index contributed by atoms with van der Waals surface area (Å²) in [6.45, 7) is 2.31. The Morgan fingerprint density at radius 2 is 1.89 bits per heavy atom. The fourth-order valence-corrected chi connectivity index (χ4v) is 6.12. The zero-order valence-corrected chi connectivity index (χ0v) is 21.8. The first-order valence-electron chi connectivity index (χ1n) is 12.5. The summed E-state index contributed by atoms with van der Waals surface area (Å²) in [5, 5.41) is 21.1. The number of piperidine rings is 1. The molecular weight excluding hydrogens is 501 g/mol. The van der Waals surface area contributed by atoms with Crippen molar-refractivity contribution >= 4 is 22.7 Å². The number of nitrogens with zero attached hydrogens (tertiary/aromatic N) is 2. The van der Waals surface area contributed by atoms with E-state index in [4.69, 9.17) is 4.74 Å². The average molecular weight is 535 g/mol. The summed E-state index contributed by atoms with van der Waals surface area (Å²) in [6, 6.07) is 7.33. The first-order chi connectivity index (χ1) is 17.9. The van der Waals surface area contributed by atoms with E-state index in [2.05, 4.69) is 9.88 Å². The molecule has 1 saturated heterocycles. The molecule has 37 heavy (non-hydrogen) atoms. The van der Waals surface area contributed by atoms with Crippen LogP contribution < -0.4 is 4.74 Å². The molecule has 3 aromatic rings. The third-order valence-electron chi connectivity index (χ3n) is 7.46. The van der Waals surface area contributed by atoms with Crippen molar-refractivity contribution in [2.75, 3.05) is 39.1 Å². The number of aromatic nitrogens is 1. The molecule has 0 spiro atoms. The van der Waals surface area contributed by atoms with Gasteiger partial charge in [0.25, 0.3) is 0 Å². The normalized spacial score (nSPS) is 15.8. The van der Waals surface area contributed by atoms with E-state index in [0.717, 1.165) is 90.8 Å². The predicted octanol–water partition coefficient (Wildman–Crippen LogP) is 5.34. The van der Waals surface area contributed by atoms with Crippen LogP contribution in [0.2, 0.25) is 0 Å². The number of aliphatic hydroxyl groups is 2. The van der Waals surface area contributed by atoms with Gasteiger partial charge in [0.05, 0.1) is 19.2 Å². The highest BCUT2D eigenvalue weighted by Gasteiger charge is 2.33. The van der Waals surface area contributed by atoms with Crippen molar-refractivity contribution in [2.45, 2.75) is 43.6 Å². The van der Waals surface area contributed by atoms with Gasteiger partial charge in [-0.1, -0.05) is 0 Å². The summed E-state index contributed by atoms with van der Waals surface area (Å²) in [7, 11) is 1.62. The third kappa shape index (κ3) is 6.57. The molecule has 2 N–H and O–H groups in total. The topological polar surface area (TPSA) is 65.8 Å². The molecule has 4 rings (SSSR count). The molecule has 2 heterocycles. The molecule has 5 nitrogen and oxygen atoms in total. The van der Waals surface area contributed by atoms with E-state index in [-0.39, 0.29) is 23.5 Å². The Morgan fingerprint density at radius 1 is 1.11 bits per heavy atom. The Bertz CT molecular complexity index is 1210. The van der Waals surface area contributed by atoms with Crippen LogP contribution in [0.1, 0.15) is 36.8 Å². The predicted molar refractivity (Wildman–Crippen MR) is 139 cm³/mol. The van der Waals surface area contributed by atoms with Gasteiger partial charge < -0.3 is 19.8 Å². The number of aliphatic hydroxyl groups excluding tert-OH is 2. The number of halogens is 3. The van der Waals surface area contributed by atoms with Crippen molar-refractivity contribution in [2.24, 2.45) is 5.41 Å². The van der Waals surface area contributed by atoms with E-state index in [1.165, 1.54) is 0 Å². The quantitative estimate of drug-likeness (QED) is 0.256.